The molecule has 1 aliphatic rings. The predicted molar refractivity (Wildman–Crippen MR) is 87.6 cm³/mol. The number of amides is 1. The third-order valence-electron chi connectivity index (χ3n) is 4.02. The number of aliphatic imine (C=N–C) groups is 1. The Hall–Kier alpha value is -1.30. The lowest BCUT2D eigenvalue weighted by Crippen LogP contribution is -2.46. The number of likely N-dealkylation sites (tertiary alicyclic amines) is 1. The summed E-state index contributed by atoms with van der Waals surface area (Å²) in [6.07, 6.45) is 1.58. The summed E-state index contributed by atoms with van der Waals surface area (Å²) in [7, 11) is 1.79. The molecule has 6 nitrogen and oxygen atoms in total. The fraction of sp³-hybridized carbons (Fsp3) is 0.867. The molecule has 0 spiro atoms. The maximum Gasteiger partial charge on any atom is 0.222 e. The number of likely N-dealkylation sites (N-methyl/N-ethyl adjacent to an activating group) is 1. The van der Waals surface area contributed by atoms with Crippen molar-refractivity contribution in [1.82, 2.24) is 20.4 Å². The third-order valence-corrected chi connectivity index (χ3v) is 4.02. The number of rotatable bonds is 7. The second-order valence-electron chi connectivity index (χ2n) is 5.35. The molecule has 0 radical (unpaired) electrons. The molecule has 0 saturated carbocycles. The van der Waals surface area contributed by atoms with Crippen LogP contribution in [0.1, 0.15) is 33.6 Å². The van der Waals surface area contributed by atoms with Crippen molar-refractivity contribution in [2.75, 3.05) is 46.3 Å². The first-order valence-corrected chi connectivity index (χ1v) is 8.11. The zero-order chi connectivity index (χ0) is 15.7. The number of carbonyl (C=O) groups is 1. The summed E-state index contributed by atoms with van der Waals surface area (Å²) >= 11 is 0. The first-order chi connectivity index (χ1) is 10.1. The first kappa shape index (κ1) is 17.8. The molecule has 1 fully saturated rings. The molecule has 1 aliphatic heterocycles. The van der Waals surface area contributed by atoms with Gasteiger partial charge >= 0.3 is 0 Å². The topological polar surface area (TPSA) is 60.0 Å². The minimum Gasteiger partial charge on any atom is -0.355 e. The maximum absolute atomic E-state index is 11.7. The quantitative estimate of drug-likeness (QED) is 0.531. The molecule has 1 rings (SSSR count). The van der Waals surface area contributed by atoms with Crippen LogP contribution in [0.4, 0.5) is 0 Å². The fourth-order valence-electron chi connectivity index (χ4n) is 2.59. The molecule has 122 valence electrons. The van der Waals surface area contributed by atoms with Crippen LogP contribution in [0.5, 0.6) is 0 Å². The van der Waals surface area contributed by atoms with Crippen molar-refractivity contribution in [3.63, 3.8) is 0 Å². The fourth-order valence-corrected chi connectivity index (χ4v) is 2.59. The van der Waals surface area contributed by atoms with Crippen molar-refractivity contribution in [3.05, 3.63) is 0 Å². The Morgan fingerprint density at radius 3 is 2.62 bits per heavy atom. The lowest BCUT2D eigenvalue weighted by atomic mass is 10.3. The molecule has 0 bridgehead atoms. The Morgan fingerprint density at radius 2 is 2.05 bits per heavy atom. The average Bonchev–Trinajstić information content (AvgIpc) is 2.98. The lowest BCUT2D eigenvalue weighted by Gasteiger charge is -2.21. The molecule has 1 amide bonds. The van der Waals surface area contributed by atoms with E-state index in [1.165, 1.54) is 0 Å². The van der Waals surface area contributed by atoms with E-state index in [1.54, 1.807) is 7.05 Å². The Bertz CT molecular complexity index is 341. The van der Waals surface area contributed by atoms with Crippen LogP contribution in [0, 0.1) is 0 Å². The molecule has 0 aromatic rings. The lowest BCUT2D eigenvalue weighted by molar-refractivity contribution is -0.129. The number of hydrogen-bond donors (Lipinski definition) is 2. The summed E-state index contributed by atoms with van der Waals surface area (Å²) in [5.74, 6) is 1.07. The molecule has 1 heterocycles. The number of nitrogens with zero attached hydrogens (tertiary/aromatic N) is 3. The van der Waals surface area contributed by atoms with Crippen LogP contribution in [0.15, 0.2) is 4.99 Å². The van der Waals surface area contributed by atoms with Crippen molar-refractivity contribution in [3.8, 4) is 0 Å². The summed E-state index contributed by atoms with van der Waals surface area (Å²) < 4.78 is 0. The Morgan fingerprint density at radius 1 is 1.33 bits per heavy atom. The van der Waals surface area contributed by atoms with E-state index in [2.05, 4.69) is 34.4 Å². The van der Waals surface area contributed by atoms with Gasteiger partial charge < -0.3 is 20.4 Å². The monoisotopic (exact) mass is 297 g/mol. The van der Waals surface area contributed by atoms with Gasteiger partial charge in [0.15, 0.2) is 5.96 Å². The van der Waals surface area contributed by atoms with Crippen LogP contribution >= 0.6 is 0 Å². The maximum atomic E-state index is 11.7. The molecule has 0 aromatic heterocycles. The molecule has 1 unspecified atom stereocenters. The van der Waals surface area contributed by atoms with E-state index < -0.39 is 0 Å². The normalized spacial score (nSPS) is 19.2. The molecule has 1 atom stereocenters. The van der Waals surface area contributed by atoms with Crippen LogP contribution in [-0.2, 0) is 4.79 Å². The summed E-state index contributed by atoms with van der Waals surface area (Å²) in [4.78, 5) is 20.2. The van der Waals surface area contributed by atoms with Crippen molar-refractivity contribution in [2.45, 2.75) is 39.7 Å². The molecular formula is C15H31N5O. The van der Waals surface area contributed by atoms with Gasteiger partial charge in [-0.15, -0.1) is 0 Å². The summed E-state index contributed by atoms with van der Waals surface area (Å²) in [6.45, 7) is 11.9. The van der Waals surface area contributed by atoms with Gasteiger partial charge in [0.05, 0.1) is 0 Å². The highest BCUT2D eigenvalue weighted by atomic mass is 16.2. The number of guanidine groups is 1. The van der Waals surface area contributed by atoms with Crippen molar-refractivity contribution < 1.29 is 4.79 Å². The zero-order valence-electron chi connectivity index (χ0n) is 14.0. The highest BCUT2D eigenvalue weighted by molar-refractivity contribution is 5.80. The van der Waals surface area contributed by atoms with Gasteiger partial charge in [-0.05, 0) is 19.5 Å². The zero-order valence-corrected chi connectivity index (χ0v) is 14.0. The molecule has 21 heavy (non-hydrogen) atoms. The molecule has 1 saturated heterocycles. The molecule has 0 aliphatic carbocycles. The second kappa shape index (κ2) is 9.60. The number of carbonyl (C=O) groups excluding carboxylic acids is 1. The summed E-state index contributed by atoms with van der Waals surface area (Å²) in [5.41, 5.74) is 0. The van der Waals surface area contributed by atoms with E-state index in [0.717, 1.165) is 51.6 Å². The van der Waals surface area contributed by atoms with E-state index in [9.17, 15) is 4.79 Å². The van der Waals surface area contributed by atoms with Crippen LogP contribution in [-0.4, -0.2) is 74.0 Å². The van der Waals surface area contributed by atoms with Crippen molar-refractivity contribution in [2.24, 2.45) is 4.99 Å². The summed E-state index contributed by atoms with van der Waals surface area (Å²) in [6, 6.07) is 0.306. The van der Waals surface area contributed by atoms with Gasteiger partial charge in [0, 0.05) is 45.7 Å². The van der Waals surface area contributed by atoms with Gasteiger partial charge in [-0.2, -0.15) is 0 Å². The first-order valence-electron chi connectivity index (χ1n) is 8.11. The van der Waals surface area contributed by atoms with Crippen molar-refractivity contribution >= 4 is 11.9 Å². The van der Waals surface area contributed by atoms with Crippen LogP contribution < -0.4 is 10.6 Å². The molecular weight excluding hydrogens is 266 g/mol. The van der Waals surface area contributed by atoms with E-state index in [1.807, 2.05) is 11.8 Å². The van der Waals surface area contributed by atoms with Gasteiger partial charge in [0.25, 0.3) is 0 Å². The van der Waals surface area contributed by atoms with Crippen molar-refractivity contribution in [1.29, 1.82) is 0 Å². The van der Waals surface area contributed by atoms with E-state index in [-0.39, 0.29) is 5.91 Å². The Labute approximate surface area is 129 Å². The third kappa shape index (κ3) is 5.91. The molecule has 6 heteroatoms. The van der Waals surface area contributed by atoms with Crippen LogP contribution in [0.25, 0.3) is 0 Å². The van der Waals surface area contributed by atoms with E-state index >= 15 is 0 Å². The Balaban J connectivity index is 2.30. The highest BCUT2D eigenvalue weighted by Crippen LogP contribution is 2.10. The number of hydrogen-bond acceptors (Lipinski definition) is 3. The minimum absolute atomic E-state index is 0.240. The predicted octanol–water partition coefficient (Wildman–Crippen LogP) is 0.504. The second-order valence-corrected chi connectivity index (χ2v) is 5.35. The minimum atomic E-state index is 0.240. The smallest absolute Gasteiger partial charge is 0.222 e. The molecule has 2 N–H and O–H groups in total. The summed E-state index contributed by atoms with van der Waals surface area (Å²) in [5, 5.41) is 6.76. The van der Waals surface area contributed by atoms with Gasteiger partial charge in [0.2, 0.25) is 5.91 Å². The largest absolute Gasteiger partial charge is 0.355 e. The van der Waals surface area contributed by atoms with Gasteiger partial charge in [-0.3, -0.25) is 9.79 Å². The van der Waals surface area contributed by atoms with Gasteiger partial charge in [-0.1, -0.05) is 20.8 Å². The average molecular weight is 297 g/mol. The van der Waals surface area contributed by atoms with Crippen LogP contribution in [0.2, 0.25) is 0 Å². The van der Waals surface area contributed by atoms with E-state index in [4.69, 9.17) is 0 Å². The molecule has 0 aromatic carbocycles. The Kier molecular flexibility index (Phi) is 8.12. The standard InChI is InChI=1S/C15H31N5O/c1-5-14(21)20-10-8-13(12-20)18-15(16-4)17-9-11-19(6-2)7-3/h13H,5-12H2,1-4H3,(H2,16,17,18). The van der Waals surface area contributed by atoms with Crippen LogP contribution in [0.3, 0.4) is 0 Å². The highest BCUT2D eigenvalue weighted by Gasteiger charge is 2.25. The SMILES string of the molecule is CCC(=O)N1CCC(NC(=NC)NCCN(CC)CC)C1. The number of nitrogens with one attached hydrogen (secondary N) is 2. The van der Waals surface area contributed by atoms with E-state index in [0.29, 0.717) is 12.5 Å². The van der Waals surface area contributed by atoms with Gasteiger partial charge in [0.1, 0.15) is 0 Å². The van der Waals surface area contributed by atoms with Gasteiger partial charge in [-0.25, -0.2) is 0 Å².